The zero-order valence-corrected chi connectivity index (χ0v) is 9.59. The van der Waals surface area contributed by atoms with E-state index in [1.165, 1.54) is 5.56 Å². The van der Waals surface area contributed by atoms with Gasteiger partial charge in [0.25, 0.3) is 0 Å². The maximum Gasteiger partial charge on any atom is 0.223 e. The molecule has 0 saturated carbocycles. The molecule has 1 atom stereocenters. The van der Waals surface area contributed by atoms with E-state index in [4.69, 9.17) is 11.5 Å². The first kappa shape index (κ1) is 11.2. The lowest BCUT2D eigenvalue weighted by Gasteiger charge is -2.15. The molecule has 0 aliphatic heterocycles. The van der Waals surface area contributed by atoms with Crippen LogP contribution < -0.4 is 16.8 Å². The Morgan fingerprint density at radius 1 is 1.12 bits per heavy atom. The van der Waals surface area contributed by atoms with E-state index in [-0.39, 0.29) is 12.0 Å². The van der Waals surface area contributed by atoms with Crippen molar-refractivity contribution in [2.45, 2.75) is 13.0 Å². The van der Waals surface area contributed by atoms with E-state index < -0.39 is 0 Å². The number of nitrogens with one attached hydrogen (secondary N) is 1. The summed E-state index contributed by atoms with van der Waals surface area (Å²) in [5, 5.41) is 3.23. The van der Waals surface area contributed by atoms with Gasteiger partial charge in [0.05, 0.1) is 0 Å². The van der Waals surface area contributed by atoms with Crippen LogP contribution in [0.1, 0.15) is 18.5 Å². The minimum Gasteiger partial charge on any atom is -0.383 e. The van der Waals surface area contributed by atoms with E-state index in [2.05, 4.69) is 15.3 Å². The van der Waals surface area contributed by atoms with Gasteiger partial charge >= 0.3 is 0 Å². The molecule has 1 aromatic carbocycles. The highest BCUT2D eigenvalue weighted by molar-refractivity contribution is 5.49. The SMILES string of the molecule is CC(Nc1cc(N)nc(N)n1)c1ccccc1. The van der Waals surface area contributed by atoms with Gasteiger partial charge < -0.3 is 16.8 Å². The quantitative estimate of drug-likeness (QED) is 0.746. The molecule has 1 aromatic heterocycles. The Hall–Kier alpha value is -2.30. The Morgan fingerprint density at radius 3 is 2.47 bits per heavy atom. The van der Waals surface area contributed by atoms with Gasteiger partial charge in [-0.15, -0.1) is 0 Å². The molecule has 0 spiro atoms. The molecule has 0 saturated heterocycles. The van der Waals surface area contributed by atoms with Crippen molar-refractivity contribution in [3.8, 4) is 0 Å². The van der Waals surface area contributed by atoms with Crippen LogP contribution in [0.25, 0.3) is 0 Å². The molecule has 0 aliphatic carbocycles. The molecule has 0 fully saturated rings. The molecule has 0 bridgehead atoms. The van der Waals surface area contributed by atoms with Crippen molar-refractivity contribution in [1.82, 2.24) is 9.97 Å². The van der Waals surface area contributed by atoms with Crippen molar-refractivity contribution in [3.05, 3.63) is 42.0 Å². The van der Waals surface area contributed by atoms with Gasteiger partial charge in [0.15, 0.2) is 0 Å². The van der Waals surface area contributed by atoms with Gasteiger partial charge in [-0.05, 0) is 12.5 Å². The molecule has 1 heterocycles. The molecule has 5 N–H and O–H groups in total. The summed E-state index contributed by atoms with van der Waals surface area (Å²) in [4.78, 5) is 7.89. The van der Waals surface area contributed by atoms with Crippen LogP contribution in [-0.4, -0.2) is 9.97 Å². The Kier molecular flexibility index (Phi) is 3.09. The summed E-state index contributed by atoms with van der Waals surface area (Å²) in [6.07, 6.45) is 0. The van der Waals surface area contributed by atoms with Gasteiger partial charge in [0.1, 0.15) is 11.6 Å². The highest BCUT2D eigenvalue weighted by Crippen LogP contribution is 2.18. The summed E-state index contributed by atoms with van der Waals surface area (Å²) in [6.45, 7) is 2.05. The molecule has 88 valence electrons. The molecular weight excluding hydrogens is 214 g/mol. The predicted molar refractivity (Wildman–Crippen MR) is 69.3 cm³/mol. The number of nitrogen functional groups attached to an aromatic ring is 2. The van der Waals surface area contributed by atoms with Gasteiger partial charge in [-0.25, -0.2) is 0 Å². The van der Waals surface area contributed by atoms with Crippen LogP contribution >= 0.6 is 0 Å². The number of hydrogen-bond acceptors (Lipinski definition) is 5. The van der Waals surface area contributed by atoms with Crippen LogP contribution in [0.3, 0.4) is 0 Å². The predicted octanol–water partition coefficient (Wildman–Crippen LogP) is 1.81. The number of aromatic nitrogens is 2. The first-order valence-electron chi connectivity index (χ1n) is 5.36. The van der Waals surface area contributed by atoms with Crippen molar-refractivity contribution in [3.63, 3.8) is 0 Å². The fourth-order valence-electron chi connectivity index (χ4n) is 1.61. The number of anilines is 3. The van der Waals surface area contributed by atoms with Gasteiger partial charge in [-0.1, -0.05) is 30.3 Å². The topological polar surface area (TPSA) is 89.8 Å². The summed E-state index contributed by atoms with van der Waals surface area (Å²) in [5.74, 6) is 1.17. The van der Waals surface area contributed by atoms with E-state index in [9.17, 15) is 0 Å². The van der Waals surface area contributed by atoms with Crippen molar-refractivity contribution >= 4 is 17.6 Å². The van der Waals surface area contributed by atoms with E-state index in [0.717, 1.165) is 0 Å². The lowest BCUT2D eigenvalue weighted by Crippen LogP contribution is -2.10. The summed E-state index contributed by atoms with van der Waals surface area (Å²) in [6, 6.07) is 11.9. The van der Waals surface area contributed by atoms with Crippen molar-refractivity contribution < 1.29 is 0 Å². The minimum absolute atomic E-state index is 0.130. The van der Waals surface area contributed by atoms with E-state index in [1.54, 1.807) is 6.07 Å². The second-order valence-electron chi connectivity index (χ2n) is 3.81. The van der Waals surface area contributed by atoms with Crippen LogP contribution in [0.15, 0.2) is 36.4 Å². The smallest absolute Gasteiger partial charge is 0.223 e. The third-order valence-corrected chi connectivity index (χ3v) is 2.43. The highest BCUT2D eigenvalue weighted by atomic mass is 15.1. The molecule has 5 nitrogen and oxygen atoms in total. The molecule has 2 rings (SSSR count). The van der Waals surface area contributed by atoms with Crippen molar-refractivity contribution in [2.24, 2.45) is 0 Å². The number of nitrogens with zero attached hydrogens (tertiary/aromatic N) is 2. The van der Waals surface area contributed by atoms with Crippen LogP contribution in [0.4, 0.5) is 17.6 Å². The van der Waals surface area contributed by atoms with E-state index in [0.29, 0.717) is 11.6 Å². The molecule has 5 heteroatoms. The Bertz CT molecular complexity index is 477. The molecular formula is C12H15N5. The average Bonchev–Trinajstić information content (AvgIpc) is 2.28. The zero-order valence-electron chi connectivity index (χ0n) is 9.59. The number of hydrogen-bond donors (Lipinski definition) is 3. The summed E-state index contributed by atoms with van der Waals surface area (Å²) in [5.41, 5.74) is 12.3. The third kappa shape index (κ3) is 2.84. The second kappa shape index (κ2) is 4.69. The van der Waals surface area contributed by atoms with Crippen molar-refractivity contribution in [1.29, 1.82) is 0 Å². The fourth-order valence-corrected chi connectivity index (χ4v) is 1.61. The van der Waals surface area contributed by atoms with E-state index >= 15 is 0 Å². The van der Waals surface area contributed by atoms with Crippen LogP contribution in [0.2, 0.25) is 0 Å². The fraction of sp³-hybridized carbons (Fsp3) is 0.167. The standard InChI is InChI=1S/C12H15N5/c1-8(9-5-3-2-4-6-9)15-11-7-10(13)16-12(14)17-11/h2-8H,1H3,(H5,13,14,15,16,17). The van der Waals surface area contributed by atoms with Gasteiger partial charge in [0.2, 0.25) is 5.95 Å². The maximum absolute atomic E-state index is 5.60. The van der Waals surface area contributed by atoms with Crippen LogP contribution in [0, 0.1) is 0 Å². The Balaban J connectivity index is 2.16. The first-order chi connectivity index (χ1) is 8.15. The molecule has 17 heavy (non-hydrogen) atoms. The molecule has 0 aliphatic rings. The largest absolute Gasteiger partial charge is 0.383 e. The molecule has 0 amide bonds. The average molecular weight is 229 g/mol. The van der Waals surface area contributed by atoms with Crippen LogP contribution in [-0.2, 0) is 0 Å². The monoisotopic (exact) mass is 229 g/mol. The van der Waals surface area contributed by atoms with E-state index in [1.807, 2.05) is 37.3 Å². The lowest BCUT2D eigenvalue weighted by atomic mass is 10.1. The maximum atomic E-state index is 5.60. The third-order valence-electron chi connectivity index (χ3n) is 2.43. The molecule has 0 radical (unpaired) electrons. The second-order valence-corrected chi connectivity index (χ2v) is 3.81. The summed E-state index contributed by atoms with van der Waals surface area (Å²) < 4.78 is 0. The lowest BCUT2D eigenvalue weighted by molar-refractivity contribution is 0.873. The Labute approximate surface area is 99.9 Å². The first-order valence-corrected chi connectivity index (χ1v) is 5.36. The van der Waals surface area contributed by atoms with Gasteiger partial charge in [-0.3, -0.25) is 0 Å². The highest BCUT2D eigenvalue weighted by Gasteiger charge is 2.06. The molecule has 1 unspecified atom stereocenters. The summed E-state index contributed by atoms with van der Waals surface area (Å²) >= 11 is 0. The number of rotatable bonds is 3. The summed E-state index contributed by atoms with van der Waals surface area (Å²) in [7, 11) is 0. The van der Waals surface area contributed by atoms with Crippen LogP contribution in [0.5, 0.6) is 0 Å². The zero-order chi connectivity index (χ0) is 12.3. The number of benzene rings is 1. The van der Waals surface area contributed by atoms with Gasteiger partial charge in [0, 0.05) is 12.1 Å². The normalized spacial score (nSPS) is 12.1. The Morgan fingerprint density at radius 2 is 1.82 bits per heavy atom. The number of nitrogens with two attached hydrogens (primary N) is 2. The van der Waals surface area contributed by atoms with Gasteiger partial charge in [-0.2, -0.15) is 9.97 Å². The minimum atomic E-state index is 0.130. The molecule has 2 aromatic rings. The van der Waals surface area contributed by atoms with Crippen molar-refractivity contribution in [2.75, 3.05) is 16.8 Å².